The number of halogens is 2. The van der Waals surface area contributed by atoms with Crippen LogP contribution in [0.5, 0.6) is 5.75 Å². The summed E-state index contributed by atoms with van der Waals surface area (Å²) in [5.41, 5.74) is 6.69. The maximum absolute atomic E-state index is 13.3. The van der Waals surface area contributed by atoms with E-state index in [0.29, 0.717) is 190 Å². The van der Waals surface area contributed by atoms with Gasteiger partial charge in [0.2, 0.25) is 0 Å². The Morgan fingerprint density at radius 1 is 0.338 bits per heavy atom. The van der Waals surface area contributed by atoms with Gasteiger partial charge in [0.1, 0.15) is 56.7 Å². The molecule has 0 aliphatic heterocycles. The second-order valence-corrected chi connectivity index (χ2v) is 43.6. The molecule has 0 saturated heterocycles. The summed E-state index contributed by atoms with van der Waals surface area (Å²) in [5.74, 6) is 9.29. The zero-order chi connectivity index (χ0) is 89.9. The quantitative estimate of drug-likeness (QED) is 0.0782. The topological polar surface area (TPSA) is 330 Å². The highest BCUT2D eigenvalue weighted by molar-refractivity contribution is 6.30. The molecule has 4 heterocycles. The minimum Gasteiger partial charge on any atom is -0.508 e. The van der Waals surface area contributed by atoms with Crippen molar-refractivity contribution in [2.75, 3.05) is 0 Å². The van der Waals surface area contributed by atoms with Crippen LogP contribution < -0.4 is 0 Å². The van der Waals surface area contributed by atoms with Crippen molar-refractivity contribution in [3.63, 3.8) is 0 Å². The Morgan fingerprint density at radius 3 is 0.862 bits per heavy atom. The lowest BCUT2D eigenvalue weighted by Gasteiger charge is -2.55. The Bertz CT molecular complexity index is 5470. The Balaban J connectivity index is 0.000000105. The van der Waals surface area contributed by atoms with E-state index in [9.17, 15) is 53.9 Å². The van der Waals surface area contributed by atoms with Crippen molar-refractivity contribution in [3.05, 3.63) is 208 Å². The average molecular weight is 1780 g/mol. The van der Waals surface area contributed by atoms with Gasteiger partial charge in [0.05, 0.1) is 53.1 Å². The largest absolute Gasteiger partial charge is 0.508 e. The van der Waals surface area contributed by atoms with E-state index < -0.39 is 28.4 Å². The van der Waals surface area contributed by atoms with Crippen LogP contribution in [0, 0.1) is 122 Å². The van der Waals surface area contributed by atoms with Gasteiger partial charge in [0.15, 0.2) is 23.1 Å². The number of carbonyl (C=O) groups excluding carboxylic acids is 4. The van der Waals surface area contributed by atoms with E-state index in [-0.39, 0.29) is 38.8 Å². The Morgan fingerprint density at radius 2 is 0.592 bits per heavy atom. The van der Waals surface area contributed by atoms with Crippen LogP contribution in [0.25, 0.3) is 22.7 Å². The minimum atomic E-state index is -1.03. The zero-order valence-electron chi connectivity index (χ0n) is 75.1. The molecule has 24 atom stereocenters. The van der Waals surface area contributed by atoms with E-state index in [1.807, 2.05) is 73.4 Å². The molecular weight excluding hydrogens is 1660 g/mol. The van der Waals surface area contributed by atoms with E-state index in [4.69, 9.17) is 16.7 Å². The number of hydrogen-bond donors (Lipinski definition) is 6. The highest BCUT2D eigenvalue weighted by atomic mass is 35.5. The fraction of sp³-hybridized carbons (Fsp3) is 0.571. The molecule has 8 aromatic rings. The van der Waals surface area contributed by atoms with Gasteiger partial charge >= 0.3 is 5.97 Å². The number of carbonyl (C=O) groups is 5. The fourth-order valence-electron chi connectivity index (χ4n) is 31.3. The van der Waals surface area contributed by atoms with E-state index in [1.54, 1.807) is 79.4 Å². The van der Waals surface area contributed by atoms with Crippen molar-refractivity contribution in [1.82, 2.24) is 60.0 Å². The summed E-state index contributed by atoms with van der Waals surface area (Å²) >= 11 is 6.02. The Kier molecular flexibility index (Phi) is 22.1. The molecule has 130 heavy (non-hydrogen) atoms. The number of aliphatic hydroxyl groups is 4. The van der Waals surface area contributed by atoms with Crippen LogP contribution in [0.15, 0.2) is 168 Å². The number of hydrogen-bond acceptors (Lipinski definition) is 18. The molecule has 0 amide bonds. The molecule has 16 aliphatic carbocycles. The molecule has 0 radical (unpaired) electrons. The first-order valence-electron chi connectivity index (χ1n) is 48.7. The number of rotatable bonds is 9. The molecule has 16 unspecified atom stereocenters. The number of nitrogens with zero attached hydrogens (tertiary/aromatic N) is 12. The monoisotopic (exact) mass is 1780 g/mol. The number of fused-ring (bicyclic) bond motifs is 20. The summed E-state index contributed by atoms with van der Waals surface area (Å²) in [7, 11) is 0. The standard InChI is InChI=1S/C27H31N3O4.C26H30ClN3O2.C26H30FN3O2.C26H31N3O3/c1-26-12-10-21-20-9-7-19(31)14-17(20)4-8-22(21)23(26)11-13-27(26,34)24-15-30(29-28-24)18-5-2-16(3-6-18)25(32)33;2*1-25-12-10-21-20-9-7-19(31)14-16(20)2-8-22(21)23(25)11-13-26(25,32)24-15-30(29-28-24)18-5-3-17(27)4-6-18;1-25-12-10-21-20-9-7-19(31)14-16(20)2-8-22(21)23(25)11-13-26(25,32)24-15-29(28-27-24)17-3-5-18(30)6-4-17/h2-3,5-6,14-15,20-23,34H,4,7-13H2,1H3,(H,32,33);2*3-6,14-15,20-23,32H,2,7-13H2,1H3;3-6,14-15,20-23,30,32H,2,7-13H2,1H3/t20?,21?,22?,23?,26-,27+;3*20?,21?,22?,23?,25-,26+/m0000/s1. The summed E-state index contributed by atoms with van der Waals surface area (Å²) in [6.45, 7) is 9.07. The van der Waals surface area contributed by atoms with Crippen LogP contribution in [0.1, 0.15) is 266 Å². The summed E-state index contributed by atoms with van der Waals surface area (Å²) in [6, 6.07) is 27.0. The average Bonchev–Trinajstić information content (AvgIpc) is 1.56. The molecule has 16 aliphatic rings. The number of phenols is 1. The van der Waals surface area contributed by atoms with Crippen molar-refractivity contribution in [2.24, 2.45) is 116 Å². The summed E-state index contributed by atoms with van der Waals surface area (Å²) in [5, 5.41) is 103. The molecule has 23 nitrogen and oxygen atoms in total. The summed E-state index contributed by atoms with van der Waals surface area (Å²) < 4.78 is 20.0. The van der Waals surface area contributed by atoms with Crippen LogP contribution >= 0.6 is 11.6 Å². The number of allylic oxidation sites excluding steroid dienone is 4. The second kappa shape index (κ2) is 33.0. The number of aromatic carboxylic acids is 1. The van der Waals surface area contributed by atoms with E-state index in [0.717, 1.165) is 184 Å². The third-order valence-electron chi connectivity index (χ3n) is 38.2. The molecule has 12 saturated carbocycles. The zero-order valence-corrected chi connectivity index (χ0v) is 75.8. The second-order valence-electron chi connectivity index (χ2n) is 43.1. The van der Waals surface area contributed by atoms with Gasteiger partial charge in [-0.05, 0) is 396 Å². The van der Waals surface area contributed by atoms with Crippen molar-refractivity contribution in [1.29, 1.82) is 0 Å². The van der Waals surface area contributed by atoms with Crippen molar-refractivity contribution >= 4 is 40.7 Å². The van der Waals surface area contributed by atoms with Gasteiger partial charge in [-0.1, -0.05) is 82.4 Å². The van der Waals surface area contributed by atoms with Gasteiger partial charge < -0.3 is 30.6 Å². The normalized spacial score (nSPS) is 38.1. The van der Waals surface area contributed by atoms with Gasteiger partial charge in [-0.2, -0.15) is 0 Å². The lowest BCUT2D eigenvalue weighted by Crippen LogP contribution is -2.51. The Labute approximate surface area is 763 Å². The smallest absolute Gasteiger partial charge is 0.335 e. The van der Waals surface area contributed by atoms with Gasteiger partial charge in [0.25, 0.3) is 0 Å². The predicted molar refractivity (Wildman–Crippen MR) is 483 cm³/mol. The first kappa shape index (κ1) is 87.1. The van der Waals surface area contributed by atoms with Crippen LogP contribution in [-0.2, 0) is 41.6 Å². The lowest BCUT2D eigenvalue weighted by molar-refractivity contribution is -0.127. The number of aromatic nitrogens is 12. The summed E-state index contributed by atoms with van der Waals surface area (Å²) in [6.07, 6.45) is 45.9. The van der Waals surface area contributed by atoms with E-state index >= 15 is 0 Å². The molecule has 24 rings (SSSR count). The molecule has 4 aromatic heterocycles. The maximum atomic E-state index is 13.3. The number of carboxylic acid groups (broad SMARTS) is 1. The molecule has 6 N–H and O–H groups in total. The van der Waals surface area contributed by atoms with Gasteiger partial charge in [-0.15, -0.1) is 20.4 Å². The molecule has 12 fully saturated rings. The minimum absolute atomic E-state index is 0.194. The first-order chi connectivity index (χ1) is 62.5. The van der Waals surface area contributed by atoms with Crippen LogP contribution in [-0.4, -0.2) is 120 Å². The van der Waals surface area contributed by atoms with Crippen LogP contribution in [0.2, 0.25) is 5.02 Å². The third kappa shape index (κ3) is 14.3. The van der Waals surface area contributed by atoms with Crippen molar-refractivity contribution in [2.45, 2.75) is 256 Å². The van der Waals surface area contributed by atoms with Gasteiger partial charge in [-0.25, -0.2) is 27.9 Å². The van der Waals surface area contributed by atoms with Crippen molar-refractivity contribution < 1.29 is 59.0 Å². The van der Waals surface area contributed by atoms with E-state index in [1.165, 1.54) is 34.4 Å². The molecule has 0 bridgehead atoms. The van der Waals surface area contributed by atoms with E-state index in [2.05, 4.69) is 68.9 Å². The molecule has 25 heteroatoms. The molecule has 682 valence electrons. The van der Waals surface area contributed by atoms with Gasteiger partial charge in [-0.3, -0.25) is 19.2 Å². The Hall–Kier alpha value is -9.59. The number of benzene rings is 4. The number of ketones is 4. The van der Waals surface area contributed by atoms with Gasteiger partial charge in [0, 0.05) is 52.4 Å². The highest BCUT2D eigenvalue weighted by Crippen LogP contribution is 2.72. The molecular formula is C105H122ClFN12O11. The number of phenolic OH excluding ortho intramolecular Hbond substituents is 1. The fourth-order valence-corrected chi connectivity index (χ4v) is 31.5. The molecule has 4 aromatic carbocycles. The number of aromatic hydroxyl groups is 1. The third-order valence-corrected chi connectivity index (χ3v) is 38.4. The predicted octanol–water partition coefficient (Wildman–Crippen LogP) is 18.6. The molecule has 0 spiro atoms. The SMILES string of the molecule is C[C@]12CCC3C4CCC(=O)C=C4CCC3C1CC[C@@]2(O)c1cn(-c2ccc(C(=O)O)cc2)nn1.C[C@]12CCC3C4CCC(=O)C=C4CCC3C1CC[C@@]2(O)c1cn(-c2ccc(Cl)cc2)nn1.C[C@]12CCC3C4CCC(=O)C=C4CCC3C1CC[C@@]2(O)c1cn(-c2ccc(F)cc2)nn1.C[C@]12CCC3C4CCC(=O)C=C4CCC3C1CC[C@@]2(O)c1cn(-c2ccc(O)cc2)nn1. The summed E-state index contributed by atoms with van der Waals surface area (Å²) in [4.78, 5) is 58.9. The first-order valence-corrected chi connectivity index (χ1v) is 49.0. The highest BCUT2D eigenvalue weighted by Gasteiger charge is 2.69. The maximum Gasteiger partial charge on any atom is 0.335 e. The van der Waals surface area contributed by atoms with Crippen LogP contribution in [0.3, 0.4) is 0 Å². The van der Waals surface area contributed by atoms with Crippen LogP contribution in [0.4, 0.5) is 4.39 Å². The lowest BCUT2D eigenvalue weighted by atomic mass is 9.50. The van der Waals surface area contributed by atoms with Crippen molar-refractivity contribution in [3.8, 4) is 28.5 Å². The number of carboxylic acids is 1.